The van der Waals surface area contributed by atoms with E-state index in [0.717, 1.165) is 45.6 Å². The van der Waals surface area contributed by atoms with E-state index in [9.17, 15) is 9.59 Å². The van der Waals surface area contributed by atoms with Crippen molar-refractivity contribution in [2.45, 2.75) is 40.2 Å². The van der Waals surface area contributed by atoms with Crippen molar-refractivity contribution in [2.24, 2.45) is 11.8 Å². The number of likely N-dealkylation sites (tertiary alicyclic amines) is 1. The lowest BCUT2D eigenvalue weighted by molar-refractivity contribution is -0.148. The van der Waals surface area contributed by atoms with Crippen LogP contribution >= 0.6 is 0 Å². The van der Waals surface area contributed by atoms with Gasteiger partial charge < -0.3 is 19.9 Å². The Morgan fingerprint density at radius 3 is 2.17 bits per heavy atom. The number of carbonyl (C=O) groups excluding carboxylic acids is 2. The lowest BCUT2D eigenvalue weighted by atomic mass is 10.1. The van der Waals surface area contributed by atoms with Gasteiger partial charge >= 0.3 is 11.9 Å². The number of carbonyl (C=O) groups is 2. The fourth-order valence-corrected chi connectivity index (χ4v) is 3.39. The SMILES string of the molecule is CCO.CCOC(=O)C1CCN(Cc2ccccc2)C1.CCOC(=O)C1CCNC1. The van der Waals surface area contributed by atoms with Crippen LogP contribution in [-0.2, 0) is 25.6 Å². The zero-order valence-corrected chi connectivity index (χ0v) is 18.6. The highest BCUT2D eigenvalue weighted by atomic mass is 16.5. The Morgan fingerprint density at radius 2 is 1.63 bits per heavy atom. The van der Waals surface area contributed by atoms with Gasteiger partial charge in [-0.25, -0.2) is 0 Å². The van der Waals surface area contributed by atoms with Crippen molar-refractivity contribution in [3.8, 4) is 0 Å². The van der Waals surface area contributed by atoms with Crippen LogP contribution in [0.15, 0.2) is 30.3 Å². The molecule has 7 nitrogen and oxygen atoms in total. The molecule has 2 aliphatic rings. The van der Waals surface area contributed by atoms with E-state index in [0.29, 0.717) is 13.2 Å². The van der Waals surface area contributed by atoms with Crippen molar-refractivity contribution >= 4 is 11.9 Å². The van der Waals surface area contributed by atoms with E-state index in [1.54, 1.807) is 6.92 Å². The van der Waals surface area contributed by atoms with Crippen molar-refractivity contribution in [3.05, 3.63) is 35.9 Å². The largest absolute Gasteiger partial charge is 0.466 e. The van der Waals surface area contributed by atoms with E-state index in [4.69, 9.17) is 14.6 Å². The molecule has 2 unspecified atom stereocenters. The summed E-state index contributed by atoms with van der Waals surface area (Å²) < 4.78 is 9.91. The summed E-state index contributed by atoms with van der Waals surface area (Å²) >= 11 is 0. The zero-order valence-electron chi connectivity index (χ0n) is 18.6. The highest BCUT2D eigenvalue weighted by Gasteiger charge is 2.29. The van der Waals surface area contributed by atoms with Crippen LogP contribution in [0.25, 0.3) is 0 Å². The molecule has 2 saturated heterocycles. The maximum absolute atomic E-state index is 11.6. The highest BCUT2D eigenvalue weighted by molar-refractivity contribution is 5.73. The van der Waals surface area contributed by atoms with Crippen LogP contribution in [0, 0.1) is 11.8 Å². The Balaban J connectivity index is 0.000000294. The van der Waals surface area contributed by atoms with Gasteiger partial charge in [-0.1, -0.05) is 30.3 Å². The Kier molecular flexibility index (Phi) is 13.8. The molecule has 1 aromatic carbocycles. The third kappa shape index (κ3) is 10.2. The summed E-state index contributed by atoms with van der Waals surface area (Å²) in [5.41, 5.74) is 1.30. The highest BCUT2D eigenvalue weighted by Crippen LogP contribution is 2.19. The number of nitrogens with one attached hydrogen (secondary N) is 1. The lowest BCUT2D eigenvalue weighted by Crippen LogP contribution is -2.24. The van der Waals surface area contributed by atoms with E-state index in [-0.39, 0.29) is 30.4 Å². The topological polar surface area (TPSA) is 88.1 Å². The van der Waals surface area contributed by atoms with Crippen LogP contribution < -0.4 is 5.32 Å². The number of benzene rings is 1. The smallest absolute Gasteiger partial charge is 0.310 e. The van der Waals surface area contributed by atoms with E-state index in [1.165, 1.54) is 5.56 Å². The molecular weight excluding hydrogens is 384 g/mol. The van der Waals surface area contributed by atoms with Crippen LogP contribution in [0.5, 0.6) is 0 Å². The standard InChI is InChI=1S/C14H19NO2.C7H13NO2.C2H6O/c1-2-17-14(16)13-8-9-15(11-13)10-12-6-4-3-5-7-12;1-2-10-7(9)6-3-4-8-5-6;1-2-3/h3-7,13H,2,8-11H2,1H3;6,8H,2-5H2,1H3;3H,2H2,1H3. The Bertz CT molecular complexity index is 591. The minimum absolute atomic E-state index is 0.0388. The molecule has 2 atom stereocenters. The van der Waals surface area contributed by atoms with Crippen molar-refractivity contribution in [2.75, 3.05) is 46.0 Å². The summed E-state index contributed by atoms with van der Waals surface area (Å²) in [7, 11) is 0. The molecule has 170 valence electrons. The summed E-state index contributed by atoms with van der Waals surface area (Å²) in [6.45, 7) is 11.1. The predicted octanol–water partition coefficient (Wildman–Crippen LogP) is 2.23. The summed E-state index contributed by atoms with van der Waals surface area (Å²) in [5, 5.41) is 10.7. The molecule has 1 aromatic rings. The van der Waals surface area contributed by atoms with Crippen molar-refractivity contribution in [1.82, 2.24) is 10.2 Å². The quantitative estimate of drug-likeness (QED) is 0.680. The molecule has 0 aliphatic carbocycles. The third-order valence-electron chi connectivity index (χ3n) is 4.82. The zero-order chi connectivity index (χ0) is 22.2. The Labute approximate surface area is 180 Å². The van der Waals surface area contributed by atoms with Gasteiger partial charge in [-0.2, -0.15) is 0 Å². The molecular formula is C23H38N2O5. The summed E-state index contributed by atoms with van der Waals surface area (Å²) in [6.07, 6.45) is 1.85. The van der Waals surface area contributed by atoms with Crippen LogP contribution in [-0.4, -0.2) is 67.9 Å². The molecule has 0 saturated carbocycles. The monoisotopic (exact) mass is 422 g/mol. The second-order valence-corrected chi connectivity index (χ2v) is 7.22. The minimum atomic E-state index is -0.0486. The number of nitrogens with zero attached hydrogens (tertiary/aromatic N) is 1. The van der Waals surface area contributed by atoms with Gasteiger partial charge in [0.25, 0.3) is 0 Å². The molecule has 0 spiro atoms. The van der Waals surface area contributed by atoms with Gasteiger partial charge in [0.1, 0.15) is 0 Å². The first-order chi connectivity index (χ1) is 14.5. The predicted molar refractivity (Wildman–Crippen MR) is 117 cm³/mol. The van der Waals surface area contributed by atoms with E-state index >= 15 is 0 Å². The molecule has 0 amide bonds. The molecule has 7 heteroatoms. The first kappa shape index (κ1) is 26.1. The molecule has 2 aliphatic heterocycles. The van der Waals surface area contributed by atoms with Gasteiger partial charge in [0, 0.05) is 26.2 Å². The van der Waals surface area contributed by atoms with Crippen LogP contribution in [0.3, 0.4) is 0 Å². The molecule has 2 fully saturated rings. The summed E-state index contributed by atoms with van der Waals surface area (Å²) in [4.78, 5) is 24.9. The van der Waals surface area contributed by atoms with E-state index < -0.39 is 0 Å². The number of rotatable bonds is 6. The van der Waals surface area contributed by atoms with Gasteiger partial charge in [0.15, 0.2) is 0 Å². The average molecular weight is 423 g/mol. The van der Waals surface area contributed by atoms with E-state index in [2.05, 4.69) is 22.3 Å². The van der Waals surface area contributed by atoms with Gasteiger partial charge in [-0.15, -0.1) is 0 Å². The normalized spacial score (nSPS) is 20.4. The first-order valence-corrected chi connectivity index (χ1v) is 11.0. The molecule has 0 bridgehead atoms. The second-order valence-electron chi connectivity index (χ2n) is 7.22. The van der Waals surface area contributed by atoms with Gasteiger partial charge in [0.2, 0.25) is 0 Å². The molecule has 30 heavy (non-hydrogen) atoms. The van der Waals surface area contributed by atoms with Gasteiger partial charge in [0.05, 0.1) is 25.0 Å². The maximum Gasteiger partial charge on any atom is 0.310 e. The number of aliphatic hydroxyl groups is 1. The van der Waals surface area contributed by atoms with Crippen molar-refractivity contribution in [3.63, 3.8) is 0 Å². The first-order valence-electron chi connectivity index (χ1n) is 11.0. The lowest BCUT2D eigenvalue weighted by Gasteiger charge is -2.15. The molecule has 2 heterocycles. The third-order valence-corrected chi connectivity index (χ3v) is 4.82. The molecule has 0 aromatic heterocycles. The maximum atomic E-state index is 11.6. The van der Waals surface area contributed by atoms with Gasteiger partial charge in [-0.3, -0.25) is 14.5 Å². The van der Waals surface area contributed by atoms with Crippen molar-refractivity contribution < 1.29 is 24.2 Å². The average Bonchev–Trinajstić information content (AvgIpc) is 3.43. The molecule has 2 N–H and O–H groups in total. The summed E-state index contributed by atoms with van der Waals surface area (Å²) in [5.74, 6) is 0.0918. The number of esters is 2. The van der Waals surface area contributed by atoms with Crippen LogP contribution in [0.4, 0.5) is 0 Å². The van der Waals surface area contributed by atoms with Crippen LogP contribution in [0.1, 0.15) is 39.2 Å². The van der Waals surface area contributed by atoms with Gasteiger partial charge in [-0.05, 0) is 52.3 Å². The minimum Gasteiger partial charge on any atom is -0.466 e. The number of hydrogen-bond donors (Lipinski definition) is 2. The number of aliphatic hydroxyl groups excluding tert-OH is 1. The van der Waals surface area contributed by atoms with Crippen molar-refractivity contribution in [1.29, 1.82) is 0 Å². The fourth-order valence-electron chi connectivity index (χ4n) is 3.39. The fraction of sp³-hybridized carbons (Fsp3) is 0.652. The Morgan fingerprint density at radius 1 is 1.03 bits per heavy atom. The molecule has 3 rings (SSSR count). The Hall–Kier alpha value is -1.96. The summed E-state index contributed by atoms with van der Waals surface area (Å²) in [6, 6.07) is 10.4. The molecule has 0 radical (unpaired) electrons. The van der Waals surface area contributed by atoms with Crippen LogP contribution in [0.2, 0.25) is 0 Å². The number of hydrogen-bond acceptors (Lipinski definition) is 7. The van der Waals surface area contributed by atoms with E-state index in [1.807, 2.05) is 32.0 Å². The number of ether oxygens (including phenoxy) is 2. The second kappa shape index (κ2) is 15.8.